The average Bonchev–Trinajstić information content (AvgIpc) is 2.62. The second-order valence-corrected chi connectivity index (χ2v) is 6.07. The van der Waals surface area contributed by atoms with Crippen LogP contribution in [0.25, 0.3) is 0 Å². The highest BCUT2D eigenvalue weighted by Crippen LogP contribution is 2.14. The lowest BCUT2D eigenvalue weighted by atomic mass is 10.2. The van der Waals surface area contributed by atoms with Gasteiger partial charge in [0.2, 0.25) is 0 Å². The number of rotatable bonds is 7. The normalized spacial score (nSPS) is 12.0. The van der Waals surface area contributed by atoms with Gasteiger partial charge in [-0.1, -0.05) is 12.1 Å². The number of aliphatic imine (C=N–C) groups is 1. The van der Waals surface area contributed by atoms with E-state index in [0.29, 0.717) is 24.8 Å². The van der Waals surface area contributed by atoms with E-state index >= 15 is 0 Å². The molecule has 6 nitrogen and oxygen atoms in total. The number of ether oxygens (including phenoxy) is 1. The molecule has 0 aliphatic rings. The molecular weight excluding hydrogens is 460 g/mol. The number of nitrogens with zero attached hydrogens (tertiary/aromatic N) is 3. The van der Waals surface area contributed by atoms with Crippen LogP contribution in [0.15, 0.2) is 47.6 Å². The fraction of sp³-hybridized carbons (Fsp3) is 0.368. The molecule has 0 saturated carbocycles. The van der Waals surface area contributed by atoms with Crippen LogP contribution in [0.2, 0.25) is 0 Å². The van der Waals surface area contributed by atoms with Gasteiger partial charge in [-0.05, 0) is 25.1 Å². The molecule has 0 aliphatic carbocycles. The standard InChI is InChI=1S/C19H26FN5O.HI/c1-14(26-17-9-5-8-16(20)11-17)12-23-19(21-2)24-13-15-7-6-10-22-18(15)25(3)4;/h5-11,14H,12-13H2,1-4H3,(H2,21,23,24);1H. The maximum absolute atomic E-state index is 13.2. The minimum absolute atomic E-state index is 0. The first kappa shape index (κ1) is 22.9. The molecule has 1 heterocycles. The second kappa shape index (κ2) is 11.6. The Bertz CT molecular complexity index is 742. The Kier molecular flexibility index (Phi) is 9.84. The first-order valence-corrected chi connectivity index (χ1v) is 8.47. The van der Waals surface area contributed by atoms with Crippen molar-refractivity contribution in [3.05, 3.63) is 54.0 Å². The molecule has 0 bridgehead atoms. The Morgan fingerprint density at radius 2 is 2.04 bits per heavy atom. The van der Waals surface area contributed by atoms with E-state index in [1.54, 1.807) is 25.4 Å². The Balaban J connectivity index is 0.00000364. The van der Waals surface area contributed by atoms with E-state index in [-0.39, 0.29) is 35.9 Å². The predicted molar refractivity (Wildman–Crippen MR) is 119 cm³/mol. The SMILES string of the molecule is CN=C(NCc1cccnc1N(C)C)NCC(C)Oc1cccc(F)c1.I. The topological polar surface area (TPSA) is 61.8 Å². The summed E-state index contributed by atoms with van der Waals surface area (Å²) in [5.74, 6) is 1.77. The van der Waals surface area contributed by atoms with Crippen molar-refractivity contribution in [1.82, 2.24) is 15.6 Å². The van der Waals surface area contributed by atoms with Crippen molar-refractivity contribution in [2.75, 3.05) is 32.6 Å². The largest absolute Gasteiger partial charge is 0.489 e. The van der Waals surface area contributed by atoms with Crippen molar-refractivity contribution >= 4 is 35.8 Å². The summed E-state index contributed by atoms with van der Waals surface area (Å²) < 4.78 is 18.9. The molecule has 148 valence electrons. The zero-order chi connectivity index (χ0) is 18.9. The zero-order valence-electron chi connectivity index (χ0n) is 16.1. The van der Waals surface area contributed by atoms with Crippen molar-refractivity contribution in [3.63, 3.8) is 0 Å². The number of guanidine groups is 1. The number of nitrogens with one attached hydrogen (secondary N) is 2. The summed E-state index contributed by atoms with van der Waals surface area (Å²) in [5, 5.41) is 6.48. The number of aromatic nitrogens is 1. The summed E-state index contributed by atoms with van der Waals surface area (Å²) in [5.41, 5.74) is 1.07. The van der Waals surface area contributed by atoms with E-state index in [2.05, 4.69) is 20.6 Å². The van der Waals surface area contributed by atoms with Crippen LogP contribution < -0.4 is 20.3 Å². The van der Waals surface area contributed by atoms with Gasteiger partial charge < -0.3 is 20.3 Å². The number of hydrogen-bond donors (Lipinski definition) is 2. The van der Waals surface area contributed by atoms with Crippen LogP contribution in [0.3, 0.4) is 0 Å². The van der Waals surface area contributed by atoms with Gasteiger partial charge in [-0.15, -0.1) is 24.0 Å². The molecule has 27 heavy (non-hydrogen) atoms. The first-order valence-electron chi connectivity index (χ1n) is 8.47. The summed E-state index contributed by atoms with van der Waals surface area (Å²) in [4.78, 5) is 10.6. The van der Waals surface area contributed by atoms with Crippen LogP contribution in [0, 0.1) is 5.82 Å². The molecule has 1 atom stereocenters. The fourth-order valence-electron chi connectivity index (χ4n) is 2.43. The van der Waals surface area contributed by atoms with Gasteiger partial charge in [-0.2, -0.15) is 0 Å². The lowest BCUT2D eigenvalue weighted by Gasteiger charge is -2.19. The summed E-state index contributed by atoms with van der Waals surface area (Å²) in [7, 11) is 5.64. The molecule has 2 aromatic rings. The van der Waals surface area contributed by atoms with Crippen LogP contribution in [0.1, 0.15) is 12.5 Å². The maximum Gasteiger partial charge on any atom is 0.191 e. The molecular formula is C19H27FIN5O. The Hall–Kier alpha value is -2.10. The molecule has 1 aromatic carbocycles. The smallest absolute Gasteiger partial charge is 0.191 e. The third-order valence-electron chi connectivity index (χ3n) is 3.65. The quantitative estimate of drug-likeness (QED) is 0.357. The van der Waals surface area contributed by atoms with Crippen molar-refractivity contribution in [3.8, 4) is 5.75 Å². The maximum atomic E-state index is 13.2. The molecule has 0 saturated heterocycles. The van der Waals surface area contributed by atoms with E-state index in [0.717, 1.165) is 11.4 Å². The van der Waals surface area contributed by atoms with Gasteiger partial charge in [-0.25, -0.2) is 9.37 Å². The number of anilines is 1. The predicted octanol–water partition coefficient (Wildman–Crippen LogP) is 3.04. The van der Waals surface area contributed by atoms with Crippen molar-refractivity contribution < 1.29 is 9.13 Å². The van der Waals surface area contributed by atoms with Gasteiger partial charge in [0.05, 0.1) is 6.54 Å². The van der Waals surface area contributed by atoms with Crippen LogP contribution in [-0.4, -0.2) is 44.7 Å². The summed E-state index contributed by atoms with van der Waals surface area (Å²) >= 11 is 0. The van der Waals surface area contributed by atoms with E-state index in [4.69, 9.17) is 4.74 Å². The van der Waals surface area contributed by atoms with E-state index < -0.39 is 0 Å². The number of benzene rings is 1. The monoisotopic (exact) mass is 487 g/mol. The number of pyridine rings is 1. The minimum atomic E-state index is -0.312. The van der Waals surface area contributed by atoms with Gasteiger partial charge in [0, 0.05) is 45.5 Å². The van der Waals surface area contributed by atoms with Crippen LogP contribution in [0.5, 0.6) is 5.75 Å². The van der Waals surface area contributed by atoms with E-state index in [9.17, 15) is 4.39 Å². The molecule has 0 fully saturated rings. The van der Waals surface area contributed by atoms with Gasteiger partial charge in [0.25, 0.3) is 0 Å². The third kappa shape index (κ3) is 7.58. The Morgan fingerprint density at radius 1 is 1.26 bits per heavy atom. The highest BCUT2D eigenvalue weighted by molar-refractivity contribution is 14.0. The first-order chi connectivity index (χ1) is 12.5. The number of hydrogen-bond acceptors (Lipinski definition) is 4. The molecule has 2 rings (SSSR count). The van der Waals surface area contributed by atoms with Gasteiger partial charge in [0.1, 0.15) is 23.5 Å². The van der Waals surface area contributed by atoms with E-state index in [1.165, 1.54) is 12.1 Å². The van der Waals surface area contributed by atoms with Crippen molar-refractivity contribution in [2.45, 2.75) is 19.6 Å². The Morgan fingerprint density at radius 3 is 2.70 bits per heavy atom. The third-order valence-corrected chi connectivity index (χ3v) is 3.65. The van der Waals surface area contributed by atoms with Gasteiger partial charge in [-0.3, -0.25) is 4.99 Å². The number of halogens is 2. The summed E-state index contributed by atoms with van der Waals surface area (Å²) in [6, 6.07) is 10.1. The molecule has 1 unspecified atom stereocenters. The molecule has 2 N–H and O–H groups in total. The highest BCUT2D eigenvalue weighted by atomic mass is 127. The molecule has 0 spiro atoms. The van der Waals surface area contributed by atoms with Gasteiger partial charge in [0.15, 0.2) is 5.96 Å². The van der Waals surface area contributed by atoms with Crippen molar-refractivity contribution in [1.29, 1.82) is 0 Å². The molecule has 0 amide bonds. The van der Waals surface area contributed by atoms with E-state index in [1.807, 2.05) is 38.1 Å². The Labute approximate surface area is 177 Å². The van der Waals surface area contributed by atoms with Crippen LogP contribution in [0.4, 0.5) is 10.2 Å². The lowest BCUT2D eigenvalue weighted by molar-refractivity contribution is 0.223. The minimum Gasteiger partial charge on any atom is -0.489 e. The second-order valence-electron chi connectivity index (χ2n) is 6.07. The fourth-order valence-corrected chi connectivity index (χ4v) is 2.43. The molecule has 0 aliphatic heterocycles. The molecule has 0 radical (unpaired) electrons. The van der Waals surface area contributed by atoms with Crippen LogP contribution in [-0.2, 0) is 6.54 Å². The zero-order valence-corrected chi connectivity index (χ0v) is 18.4. The van der Waals surface area contributed by atoms with Crippen LogP contribution >= 0.6 is 24.0 Å². The summed E-state index contributed by atoms with van der Waals surface area (Å²) in [6.07, 6.45) is 1.63. The molecule has 1 aromatic heterocycles. The van der Waals surface area contributed by atoms with Crippen molar-refractivity contribution in [2.24, 2.45) is 4.99 Å². The average molecular weight is 487 g/mol. The summed E-state index contributed by atoms with van der Waals surface area (Å²) in [6.45, 7) is 3.04. The highest BCUT2D eigenvalue weighted by Gasteiger charge is 2.08. The lowest BCUT2D eigenvalue weighted by Crippen LogP contribution is -2.41. The molecule has 8 heteroatoms. The van der Waals surface area contributed by atoms with Gasteiger partial charge >= 0.3 is 0 Å².